The van der Waals surface area contributed by atoms with Gasteiger partial charge in [-0.15, -0.1) is 0 Å². The standard InChI is InChI=1S/C15H34OSi/c1-5-7-9-10-11-13-15-17(3,4)16-14-12-8-6-2/h5-15H2,1-4H3. The molecule has 0 spiro atoms. The van der Waals surface area contributed by atoms with E-state index >= 15 is 0 Å². The molecule has 104 valence electrons. The molecule has 0 saturated heterocycles. The summed E-state index contributed by atoms with van der Waals surface area (Å²) in [5, 5.41) is 0. The monoisotopic (exact) mass is 258 g/mol. The van der Waals surface area contributed by atoms with Crippen molar-refractivity contribution >= 4 is 8.32 Å². The number of unbranched alkanes of at least 4 members (excludes halogenated alkanes) is 7. The lowest BCUT2D eigenvalue weighted by Gasteiger charge is -2.22. The Hall–Kier alpha value is 0.177. The van der Waals surface area contributed by atoms with Gasteiger partial charge in [0.15, 0.2) is 8.32 Å². The SMILES string of the molecule is CCCCCCCC[Si](C)(C)OCCCCC. The molecule has 0 aromatic carbocycles. The van der Waals surface area contributed by atoms with E-state index in [0.29, 0.717) is 0 Å². The smallest absolute Gasteiger partial charge is 0.186 e. The van der Waals surface area contributed by atoms with Gasteiger partial charge in [-0.2, -0.15) is 0 Å². The van der Waals surface area contributed by atoms with Crippen LogP contribution < -0.4 is 0 Å². The van der Waals surface area contributed by atoms with Crippen molar-refractivity contribution in [1.82, 2.24) is 0 Å². The molecule has 0 atom stereocenters. The second-order valence-electron chi connectivity index (χ2n) is 5.83. The third-order valence-corrected chi connectivity index (χ3v) is 5.92. The Morgan fingerprint density at radius 2 is 1.24 bits per heavy atom. The first-order chi connectivity index (χ1) is 8.12. The summed E-state index contributed by atoms with van der Waals surface area (Å²) in [6, 6.07) is 1.35. The molecule has 0 heterocycles. The molecule has 0 aliphatic rings. The molecule has 1 nitrogen and oxygen atoms in total. The first kappa shape index (κ1) is 17.2. The molecule has 0 saturated carbocycles. The van der Waals surface area contributed by atoms with Crippen molar-refractivity contribution in [3.05, 3.63) is 0 Å². The van der Waals surface area contributed by atoms with Gasteiger partial charge in [-0.1, -0.05) is 65.2 Å². The van der Waals surface area contributed by atoms with Gasteiger partial charge in [0.1, 0.15) is 0 Å². The largest absolute Gasteiger partial charge is 0.417 e. The van der Waals surface area contributed by atoms with Gasteiger partial charge in [0.25, 0.3) is 0 Å². The number of hydrogen-bond donors (Lipinski definition) is 0. The molecular weight excluding hydrogens is 224 g/mol. The fourth-order valence-electron chi connectivity index (χ4n) is 2.10. The third-order valence-electron chi connectivity index (χ3n) is 3.37. The molecule has 17 heavy (non-hydrogen) atoms. The molecule has 0 amide bonds. The summed E-state index contributed by atoms with van der Waals surface area (Å²) in [5.41, 5.74) is 0. The first-order valence-corrected chi connectivity index (χ1v) is 10.9. The average molecular weight is 259 g/mol. The Kier molecular flexibility index (Phi) is 11.4. The van der Waals surface area contributed by atoms with E-state index in [-0.39, 0.29) is 0 Å². The Bertz CT molecular complexity index is 157. The summed E-state index contributed by atoms with van der Waals surface area (Å²) >= 11 is 0. The molecule has 0 aliphatic carbocycles. The highest BCUT2D eigenvalue weighted by Gasteiger charge is 2.20. The van der Waals surface area contributed by atoms with Crippen LogP contribution in [-0.4, -0.2) is 14.9 Å². The van der Waals surface area contributed by atoms with Crippen molar-refractivity contribution in [3.63, 3.8) is 0 Å². The van der Waals surface area contributed by atoms with Crippen LogP contribution in [0.1, 0.15) is 71.6 Å². The Balaban J connectivity index is 3.37. The van der Waals surface area contributed by atoms with Crippen LogP contribution in [-0.2, 0) is 4.43 Å². The third kappa shape index (κ3) is 12.4. The van der Waals surface area contributed by atoms with E-state index < -0.39 is 8.32 Å². The quantitative estimate of drug-likeness (QED) is 0.319. The highest BCUT2D eigenvalue weighted by atomic mass is 28.4. The van der Waals surface area contributed by atoms with Crippen LogP contribution in [0.15, 0.2) is 0 Å². The number of hydrogen-bond acceptors (Lipinski definition) is 1. The van der Waals surface area contributed by atoms with Crippen LogP contribution in [0.25, 0.3) is 0 Å². The van der Waals surface area contributed by atoms with Gasteiger partial charge in [-0.05, 0) is 25.6 Å². The highest BCUT2D eigenvalue weighted by Crippen LogP contribution is 2.17. The molecule has 0 aromatic rings. The zero-order chi connectivity index (χ0) is 13.0. The van der Waals surface area contributed by atoms with E-state index in [9.17, 15) is 0 Å². The molecule has 0 radical (unpaired) electrons. The van der Waals surface area contributed by atoms with Gasteiger partial charge in [-0.25, -0.2) is 0 Å². The van der Waals surface area contributed by atoms with E-state index in [2.05, 4.69) is 26.9 Å². The van der Waals surface area contributed by atoms with Gasteiger partial charge >= 0.3 is 0 Å². The lowest BCUT2D eigenvalue weighted by Crippen LogP contribution is -2.30. The predicted molar refractivity (Wildman–Crippen MR) is 81.1 cm³/mol. The Morgan fingerprint density at radius 1 is 0.706 bits per heavy atom. The highest BCUT2D eigenvalue weighted by molar-refractivity contribution is 6.71. The van der Waals surface area contributed by atoms with Crippen molar-refractivity contribution in [3.8, 4) is 0 Å². The summed E-state index contributed by atoms with van der Waals surface area (Å²) in [7, 11) is -1.32. The van der Waals surface area contributed by atoms with Crippen LogP contribution in [0.2, 0.25) is 19.1 Å². The van der Waals surface area contributed by atoms with E-state index in [4.69, 9.17) is 4.43 Å². The van der Waals surface area contributed by atoms with Crippen molar-refractivity contribution < 1.29 is 4.43 Å². The summed E-state index contributed by atoms with van der Waals surface area (Å²) in [4.78, 5) is 0. The average Bonchev–Trinajstić information content (AvgIpc) is 2.29. The summed E-state index contributed by atoms with van der Waals surface area (Å²) in [6.45, 7) is 10.3. The van der Waals surface area contributed by atoms with Crippen LogP contribution in [0.3, 0.4) is 0 Å². The lowest BCUT2D eigenvalue weighted by molar-refractivity contribution is 0.294. The molecule has 0 unspecified atom stereocenters. The molecule has 0 aliphatic heterocycles. The maximum atomic E-state index is 6.10. The minimum absolute atomic E-state index is 1.00. The Labute approximate surface area is 110 Å². The molecule has 0 aromatic heterocycles. The molecular formula is C15H34OSi. The maximum absolute atomic E-state index is 6.10. The van der Waals surface area contributed by atoms with Crippen LogP contribution in [0.5, 0.6) is 0 Å². The van der Waals surface area contributed by atoms with Crippen LogP contribution in [0.4, 0.5) is 0 Å². The Morgan fingerprint density at radius 3 is 1.88 bits per heavy atom. The zero-order valence-electron chi connectivity index (χ0n) is 12.7. The second-order valence-corrected chi connectivity index (χ2v) is 10.1. The molecule has 2 heteroatoms. The second kappa shape index (κ2) is 11.3. The van der Waals surface area contributed by atoms with Gasteiger partial charge in [-0.3, -0.25) is 0 Å². The minimum Gasteiger partial charge on any atom is -0.417 e. The minimum atomic E-state index is -1.32. The molecule has 0 bridgehead atoms. The van der Waals surface area contributed by atoms with E-state index in [1.165, 1.54) is 63.8 Å². The van der Waals surface area contributed by atoms with Gasteiger partial charge in [0, 0.05) is 6.61 Å². The predicted octanol–water partition coefficient (Wildman–Crippen LogP) is 5.76. The maximum Gasteiger partial charge on any atom is 0.186 e. The normalized spacial score (nSPS) is 12.0. The lowest BCUT2D eigenvalue weighted by atomic mass is 10.1. The van der Waals surface area contributed by atoms with Crippen molar-refractivity contribution in [2.75, 3.05) is 6.61 Å². The first-order valence-electron chi connectivity index (χ1n) is 7.76. The van der Waals surface area contributed by atoms with E-state index in [1.54, 1.807) is 0 Å². The summed E-state index contributed by atoms with van der Waals surface area (Å²) < 4.78 is 6.10. The molecule has 0 rings (SSSR count). The summed E-state index contributed by atoms with van der Waals surface area (Å²) in [6.07, 6.45) is 12.3. The van der Waals surface area contributed by atoms with Gasteiger partial charge in [0.05, 0.1) is 0 Å². The number of rotatable bonds is 12. The molecule has 0 N–H and O–H groups in total. The fraction of sp³-hybridized carbons (Fsp3) is 1.00. The van der Waals surface area contributed by atoms with Crippen molar-refractivity contribution in [1.29, 1.82) is 0 Å². The van der Waals surface area contributed by atoms with E-state index in [0.717, 1.165) is 6.61 Å². The van der Waals surface area contributed by atoms with E-state index in [1.807, 2.05) is 0 Å². The summed E-state index contributed by atoms with van der Waals surface area (Å²) in [5.74, 6) is 0. The zero-order valence-corrected chi connectivity index (χ0v) is 13.7. The molecule has 0 fully saturated rings. The van der Waals surface area contributed by atoms with Gasteiger partial charge in [0.2, 0.25) is 0 Å². The van der Waals surface area contributed by atoms with Crippen LogP contribution >= 0.6 is 0 Å². The fourth-order valence-corrected chi connectivity index (χ4v) is 4.05. The van der Waals surface area contributed by atoms with Crippen molar-refractivity contribution in [2.45, 2.75) is 90.8 Å². The topological polar surface area (TPSA) is 9.23 Å². The van der Waals surface area contributed by atoms with Crippen LogP contribution in [0, 0.1) is 0 Å². The van der Waals surface area contributed by atoms with Gasteiger partial charge < -0.3 is 4.43 Å². The van der Waals surface area contributed by atoms with Crippen molar-refractivity contribution in [2.24, 2.45) is 0 Å².